The smallest absolute Gasteiger partial charge is 0.120 e. The van der Waals surface area contributed by atoms with Crippen LogP contribution in [0, 0.1) is 12.8 Å². The van der Waals surface area contributed by atoms with Gasteiger partial charge in [0.05, 0.1) is 0 Å². The third-order valence-corrected chi connectivity index (χ3v) is 3.81. The van der Waals surface area contributed by atoms with E-state index in [1.54, 1.807) is 6.07 Å². The number of rotatable bonds is 4. The summed E-state index contributed by atoms with van der Waals surface area (Å²) in [7, 11) is 0. The van der Waals surface area contributed by atoms with Crippen LogP contribution in [0.5, 0.6) is 5.75 Å². The molecule has 0 saturated carbocycles. The lowest BCUT2D eigenvalue weighted by Crippen LogP contribution is -2.35. The number of aromatic hydroxyl groups is 1. The number of piperidine rings is 1. The van der Waals surface area contributed by atoms with E-state index in [9.17, 15) is 5.11 Å². The molecule has 3 heteroatoms. The first-order chi connectivity index (χ1) is 8.69. The van der Waals surface area contributed by atoms with Gasteiger partial charge in [-0.1, -0.05) is 17.7 Å². The Hall–Kier alpha value is -1.06. The Morgan fingerprint density at radius 3 is 3.06 bits per heavy atom. The van der Waals surface area contributed by atoms with Crippen LogP contribution in [-0.2, 0) is 6.54 Å². The summed E-state index contributed by atoms with van der Waals surface area (Å²) in [6, 6.07) is 5.83. The normalized spacial score (nSPS) is 21.1. The van der Waals surface area contributed by atoms with Gasteiger partial charge in [-0.05, 0) is 51.3 Å². The van der Waals surface area contributed by atoms with Crippen molar-refractivity contribution in [2.45, 2.75) is 32.7 Å². The van der Waals surface area contributed by atoms with E-state index in [0.29, 0.717) is 5.75 Å². The third-order valence-electron chi connectivity index (χ3n) is 3.81. The first kappa shape index (κ1) is 13.4. The van der Waals surface area contributed by atoms with E-state index < -0.39 is 0 Å². The van der Waals surface area contributed by atoms with Crippen molar-refractivity contribution < 1.29 is 5.11 Å². The van der Waals surface area contributed by atoms with Crippen molar-refractivity contribution in [1.82, 2.24) is 4.90 Å². The molecule has 1 aromatic carbocycles. The summed E-state index contributed by atoms with van der Waals surface area (Å²) in [6.07, 6.45) is 3.67. The lowest BCUT2D eigenvalue weighted by molar-refractivity contribution is 0.162. The third kappa shape index (κ3) is 3.47. The lowest BCUT2D eigenvalue weighted by atomic mass is 9.94. The van der Waals surface area contributed by atoms with Crippen molar-refractivity contribution in [1.29, 1.82) is 0 Å². The number of nitrogens with zero attached hydrogens (tertiary/aromatic N) is 1. The van der Waals surface area contributed by atoms with Gasteiger partial charge < -0.3 is 10.8 Å². The minimum absolute atomic E-state index is 0.418. The summed E-state index contributed by atoms with van der Waals surface area (Å²) < 4.78 is 0. The predicted octanol–water partition coefficient (Wildman–Crippen LogP) is 2.26. The van der Waals surface area contributed by atoms with E-state index in [4.69, 9.17) is 5.73 Å². The molecule has 1 saturated heterocycles. The van der Waals surface area contributed by atoms with Gasteiger partial charge in [0.2, 0.25) is 0 Å². The van der Waals surface area contributed by atoms with Crippen LogP contribution in [0.15, 0.2) is 18.2 Å². The van der Waals surface area contributed by atoms with E-state index in [0.717, 1.165) is 44.1 Å². The zero-order valence-corrected chi connectivity index (χ0v) is 11.2. The number of likely N-dealkylation sites (tertiary alicyclic amines) is 1. The van der Waals surface area contributed by atoms with Gasteiger partial charge in [-0.2, -0.15) is 0 Å². The molecule has 18 heavy (non-hydrogen) atoms. The second-order valence-corrected chi connectivity index (χ2v) is 5.45. The topological polar surface area (TPSA) is 49.5 Å². The van der Waals surface area contributed by atoms with Crippen LogP contribution < -0.4 is 5.73 Å². The first-order valence-corrected chi connectivity index (χ1v) is 6.90. The van der Waals surface area contributed by atoms with Crippen molar-refractivity contribution in [3.8, 4) is 5.75 Å². The van der Waals surface area contributed by atoms with E-state index in [1.807, 2.05) is 6.07 Å². The predicted molar refractivity (Wildman–Crippen MR) is 74.5 cm³/mol. The molecule has 1 aliphatic heterocycles. The van der Waals surface area contributed by atoms with Crippen LogP contribution in [0.25, 0.3) is 0 Å². The van der Waals surface area contributed by atoms with Crippen LogP contribution in [0.1, 0.15) is 30.4 Å². The van der Waals surface area contributed by atoms with Gasteiger partial charge in [-0.3, -0.25) is 4.90 Å². The highest BCUT2D eigenvalue weighted by molar-refractivity contribution is 5.35. The fraction of sp³-hybridized carbons (Fsp3) is 0.600. The maximum absolute atomic E-state index is 9.89. The van der Waals surface area contributed by atoms with Crippen LogP contribution in [0.4, 0.5) is 0 Å². The number of aryl methyl sites for hydroxylation is 1. The van der Waals surface area contributed by atoms with Crippen LogP contribution in [0.2, 0.25) is 0 Å². The van der Waals surface area contributed by atoms with Crippen molar-refractivity contribution in [3.05, 3.63) is 29.3 Å². The summed E-state index contributed by atoms with van der Waals surface area (Å²) in [6.45, 7) is 5.96. The quantitative estimate of drug-likeness (QED) is 0.859. The molecule has 0 aromatic heterocycles. The fourth-order valence-electron chi connectivity index (χ4n) is 2.85. The van der Waals surface area contributed by atoms with Gasteiger partial charge in [-0.25, -0.2) is 0 Å². The molecule has 0 aliphatic carbocycles. The van der Waals surface area contributed by atoms with Crippen molar-refractivity contribution in [3.63, 3.8) is 0 Å². The Bertz CT molecular complexity index is 390. The van der Waals surface area contributed by atoms with Crippen LogP contribution in [0.3, 0.4) is 0 Å². The van der Waals surface area contributed by atoms with Gasteiger partial charge in [0.1, 0.15) is 5.75 Å². The SMILES string of the molecule is Cc1ccc(O)c(CN2CCCC(CCN)C2)c1. The number of hydrogen-bond acceptors (Lipinski definition) is 3. The zero-order chi connectivity index (χ0) is 13.0. The summed E-state index contributed by atoms with van der Waals surface area (Å²) >= 11 is 0. The number of phenols is 1. The Kier molecular flexibility index (Phi) is 4.61. The van der Waals surface area contributed by atoms with Crippen LogP contribution in [-0.4, -0.2) is 29.6 Å². The first-order valence-electron chi connectivity index (χ1n) is 6.90. The maximum atomic E-state index is 9.89. The molecule has 100 valence electrons. The molecule has 1 heterocycles. The Morgan fingerprint density at radius 1 is 1.44 bits per heavy atom. The monoisotopic (exact) mass is 248 g/mol. The molecule has 0 spiro atoms. The Balaban J connectivity index is 1.98. The largest absolute Gasteiger partial charge is 0.508 e. The second kappa shape index (κ2) is 6.21. The Morgan fingerprint density at radius 2 is 2.28 bits per heavy atom. The zero-order valence-electron chi connectivity index (χ0n) is 11.2. The molecular weight excluding hydrogens is 224 g/mol. The summed E-state index contributed by atoms with van der Waals surface area (Å²) in [5.41, 5.74) is 7.89. The molecule has 3 N–H and O–H groups in total. The molecule has 1 aromatic rings. The number of nitrogens with two attached hydrogens (primary N) is 1. The molecule has 1 unspecified atom stereocenters. The molecular formula is C15H24N2O. The number of hydrogen-bond donors (Lipinski definition) is 2. The average Bonchev–Trinajstić information content (AvgIpc) is 2.35. The van der Waals surface area contributed by atoms with Gasteiger partial charge in [0.25, 0.3) is 0 Å². The average molecular weight is 248 g/mol. The number of phenolic OH excluding ortho intramolecular Hbond substituents is 1. The highest BCUT2D eigenvalue weighted by atomic mass is 16.3. The molecule has 0 radical (unpaired) electrons. The van der Waals surface area contributed by atoms with Crippen LogP contribution >= 0.6 is 0 Å². The van der Waals surface area contributed by atoms with Gasteiger partial charge in [0.15, 0.2) is 0 Å². The summed E-state index contributed by atoms with van der Waals surface area (Å²) in [5, 5.41) is 9.89. The van der Waals surface area contributed by atoms with Gasteiger partial charge >= 0.3 is 0 Å². The molecule has 0 amide bonds. The highest BCUT2D eigenvalue weighted by Crippen LogP contribution is 2.24. The molecule has 2 rings (SSSR count). The number of benzene rings is 1. The van der Waals surface area contributed by atoms with Crippen molar-refractivity contribution in [2.24, 2.45) is 11.7 Å². The molecule has 1 fully saturated rings. The molecule has 3 nitrogen and oxygen atoms in total. The lowest BCUT2D eigenvalue weighted by Gasteiger charge is -2.32. The fourth-order valence-corrected chi connectivity index (χ4v) is 2.85. The maximum Gasteiger partial charge on any atom is 0.120 e. The van der Waals surface area contributed by atoms with Crippen molar-refractivity contribution >= 4 is 0 Å². The van der Waals surface area contributed by atoms with Gasteiger partial charge in [0, 0.05) is 18.7 Å². The highest BCUT2D eigenvalue weighted by Gasteiger charge is 2.19. The summed E-state index contributed by atoms with van der Waals surface area (Å²) in [5.74, 6) is 1.15. The standard InChI is InChI=1S/C15H24N2O/c1-12-4-5-15(18)14(9-12)11-17-8-2-3-13(10-17)6-7-16/h4-5,9,13,18H,2-3,6-8,10-11,16H2,1H3. The van der Waals surface area contributed by atoms with E-state index in [2.05, 4.69) is 17.9 Å². The molecule has 1 atom stereocenters. The molecule has 0 bridgehead atoms. The minimum Gasteiger partial charge on any atom is -0.508 e. The van der Waals surface area contributed by atoms with E-state index in [1.165, 1.54) is 18.4 Å². The Labute approximate surface area is 110 Å². The van der Waals surface area contributed by atoms with E-state index in [-0.39, 0.29) is 0 Å². The molecule has 1 aliphatic rings. The van der Waals surface area contributed by atoms with Crippen molar-refractivity contribution in [2.75, 3.05) is 19.6 Å². The second-order valence-electron chi connectivity index (χ2n) is 5.45. The van der Waals surface area contributed by atoms with E-state index >= 15 is 0 Å². The summed E-state index contributed by atoms with van der Waals surface area (Å²) in [4.78, 5) is 2.44. The minimum atomic E-state index is 0.418. The van der Waals surface area contributed by atoms with Gasteiger partial charge in [-0.15, -0.1) is 0 Å².